The first-order valence-electron chi connectivity index (χ1n) is 11.6. The Kier molecular flexibility index (Phi) is 6.99. The van der Waals surface area contributed by atoms with Crippen molar-refractivity contribution in [2.75, 3.05) is 0 Å². The van der Waals surface area contributed by atoms with Crippen molar-refractivity contribution in [3.8, 4) is 11.8 Å². The van der Waals surface area contributed by atoms with Gasteiger partial charge in [0.2, 0.25) is 0 Å². The number of aliphatic hydroxyl groups is 3. The fourth-order valence-electron chi connectivity index (χ4n) is 6.32. The highest BCUT2D eigenvalue weighted by molar-refractivity contribution is 5.26. The van der Waals surface area contributed by atoms with Crippen LogP contribution in [0.5, 0.6) is 0 Å². The second-order valence-electron chi connectivity index (χ2n) is 10.7. The summed E-state index contributed by atoms with van der Waals surface area (Å²) >= 11 is 0. The van der Waals surface area contributed by atoms with Crippen molar-refractivity contribution in [2.24, 2.45) is 23.2 Å². The molecule has 3 heteroatoms. The fraction of sp³-hybridized carbons (Fsp3) is 0.769. The lowest BCUT2D eigenvalue weighted by Crippen LogP contribution is -2.36. The van der Waals surface area contributed by atoms with Gasteiger partial charge in [0.05, 0.1) is 12.2 Å². The zero-order valence-corrected chi connectivity index (χ0v) is 18.7. The molecule has 0 aromatic heterocycles. The van der Waals surface area contributed by atoms with E-state index in [0.29, 0.717) is 42.4 Å². The van der Waals surface area contributed by atoms with E-state index in [1.165, 1.54) is 37.7 Å². The van der Waals surface area contributed by atoms with Gasteiger partial charge in [-0.2, -0.15) is 0 Å². The molecule has 3 aliphatic rings. The molecule has 3 fully saturated rings. The first kappa shape index (κ1) is 22.6. The summed E-state index contributed by atoms with van der Waals surface area (Å²) in [5.41, 5.74) is 2.18. The van der Waals surface area contributed by atoms with Gasteiger partial charge in [-0.25, -0.2) is 0 Å². The van der Waals surface area contributed by atoms with Gasteiger partial charge in [-0.1, -0.05) is 43.1 Å². The van der Waals surface area contributed by atoms with Gasteiger partial charge < -0.3 is 15.3 Å². The third-order valence-corrected chi connectivity index (χ3v) is 7.62. The van der Waals surface area contributed by atoms with Crippen LogP contribution in [0, 0.1) is 35.0 Å². The third-order valence-electron chi connectivity index (χ3n) is 7.62. The van der Waals surface area contributed by atoms with Crippen molar-refractivity contribution in [2.45, 2.75) is 103 Å². The molecule has 0 aromatic carbocycles. The molecule has 29 heavy (non-hydrogen) atoms. The quantitative estimate of drug-likeness (QED) is 0.599. The van der Waals surface area contributed by atoms with E-state index in [-0.39, 0.29) is 0 Å². The average molecular weight is 401 g/mol. The van der Waals surface area contributed by atoms with Crippen LogP contribution in [0.2, 0.25) is 0 Å². The maximum Gasteiger partial charge on any atom is 0.119 e. The fourth-order valence-corrected chi connectivity index (χ4v) is 6.32. The molecule has 0 bridgehead atoms. The van der Waals surface area contributed by atoms with Gasteiger partial charge in [0.15, 0.2) is 0 Å². The minimum atomic E-state index is -0.906. The summed E-state index contributed by atoms with van der Waals surface area (Å²) in [6.45, 7) is 8.31. The molecular formula is C26H40O3. The lowest BCUT2D eigenvalue weighted by molar-refractivity contribution is 0.0609. The molecule has 0 spiro atoms. The standard InChI is InChI=1S/C26H40O3/c1-18(7-5-13-25(2,3)29)23-11-12-24-20(8-6-14-26(23,24)4)10-9-19-15-21(27)17-22(28)16-19/h9-10,18,21-24,27-29H,6-8,11-12,14-17H2,1-4H3/b20-10-/t18-,21-,22-,23-,24-,26?/m1/s1. The van der Waals surface area contributed by atoms with Crippen LogP contribution >= 0.6 is 0 Å². The zero-order chi connectivity index (χ0) is 21.2. The molecule has 6 atom stereocenters. The lowest BCUT2D eigenvalue weighted by Gasteiger charge is -2.44. The van der Waals surface area contributed by atoms with Gasteiger partial charge in [-0.15, -0.1) is 5.92 Å². The van der Waals surface area contributed by atoms with E-state index in [4.69, 9.17) is 0 Å². The SMILES string of the molecule is C[C@H](CC#CC(C)(C)O)[C@H]1CC[C@@H]2/C(=C\C=C3C[C@@H](O)C[C@H](O)C3)CCCC21C. The Labute approximate surface area is 177 Å². The van der Waals surface area contributed by atoms with Crippen LogP contribution in [0.3, 0.4) is 0 Å². The van der Waals surface area contributed by atoms with Gasteiger partial charge in [-0.05, 0) is 88.4 Å². The summed E-state index contributed by atoms with van der Waals surface area (Å²) in [4.78, 5) is 0. The highest BCUT2D eigenvalue weighted by atomic mass is 16.3. The van der Waals surface area contributed by atoms with E-state index in [0.717, 1.165) is 6.42 Å². The van der Waals surface area contributed by atoms with E-state index in [1.54, 1.807) is 19.4 Å². The second kappa shape index (κ2) is 8.96. The van der Waals surface area contributed by atoms with Crippen molar-refractivity contribution in [1.29, 1.82) is 0 Å². The minimum Gasteiger partial charge on any atom is -0.393 e. The molecule has 3 nitrogen and oxygen atoms in total. The molecule has 3 saturated carbocycles. The summed E-state index contributed by atoms with van der Waals surface area (Å²) in [5, 5.41) is 29.7. The maximum absolute atomic E-state index is 9.95. The molecular weight excluding hydrogens is 360 g/mol. The number of rotatable bonds is 3. The summed E-state index contributed by atoms with van der Waals surface area (Å²) in [7, 11) is 0. The predicted octanol–water partition coefficient (Wildman–Crippen LogP) is 4.76. The Morgan fingerprint density at radius 1 is 1.17 bits per heavy atom. The number of fused-ring (bicyclic) bond motifs is 1. The van der Waals surface area contributed by atoms with Crippen LogP contribution in [-0.4, -0.2) is 33.1 Å². The van der Waals surface area contributed by atoms with E-state index < -0.39 is 17.8 Å². The molecule has 3 aliphatic carbocycles. The highest BCUT2D eigenvalue weighted by Gasteiger charge is 2.50. The van der Waals surface area contributed by atoms with Crippen molar-refractivity contribution < 1.29 is 15.3 Å². The molecule has 0 aliphatic heterocycles. The van der Waals surface area contributed by atoms with Gasteiger partial charge in [0.25, 0.3) is 0 Å². The molecule has 0 amide bonds. The number of hydrogen-bond donors (Lipinski definition) is 3. The zero-order valence-electron chi connectivity index (χ0n) is 18.7. The third kappa shape index (κ3) is 5.54. The van der Waals surface area contributed by atoms with Gasteiger partial charge in [0, 0.05) is 6.42 Å². The first-order valence-corrected chi connectivity index (χ1v) is 11.6. The van der Waals surface area contributed by atoms with Gasteiger partial charge >= 0.3 is 0 Å². The molecule has 0 saturated heterocycles. The van der Waals surface area contributed by atoms with Crippen LogP contribution in [0.15, 0.2) is 23.3 Å². The molecule has 0 aromatic rings. The van der Waals surface area contributed by atoms with Gasteiger partial charge in [-0.3, -0.25) is 0 Å². The Bertz CT molecular complexity index is 690. The molecule has 1 unspecified atom stereocenters. The molecule has 162 valence electrons. The van der Waals surface area contributed by atoms with Crippen LogP contribution < -0.4 is 0 Å². The van der Waals surface area contributed by atoms with Crippen LogP contribution in [0.1, 0.15) is 85.5 Å². The summed E-state index contributed by atoms with van der Waals surface area (Å²) in [5.74, 6) is 8.07. The maximum atomic E-state index is 9.95. The Morgan fingerprint density at radius 2 is 1.86 bits per heavy atom. The van der Waals surface area contributed by atoms with E-state index in [9.17, 15) is 15.3 Å². The molecule has 3 rings (SSSR count). The smallest absolute Gasteiger partial charge is 0.119 e. The van der Waals surface area contributed by atoms with E-state index in [1.807, 2.05) is 0 Å². The topological polar surface area (TPSA) is 60.7 Å². The normalized spacial score (nSPS) is 37.6. The van der Waals surface area contributed by atoms with Crippen LogP contribution in [0.25, 0.3) is 0 Å². The van der Waals surface area contributed by atoms with Crippen molar-refractivity contribution in [3.05, 3.63) is 23.3 Å². The number of aliphatic hydroxyl groups excluding tert-OH is 2. The van der Waals surface area contributed by atoms with Gasteiger partial charge in [0.1, 0.15) is 5.60 Å². The van der Waals surface area contributed by atoms with Crippen LogP contribution in [-0.2, 0) is 0 Å². The average Bonchev–Trinajstić information content (AvgIpc) is 2.95. The number of allylic oxidation sites excluding steroid dienone is 3. The Balaban J connectivity index is 1.71. The summed E-state index contributed by atoms with van der Waals surface area (Å²) in [6, 6.07) is 0. The van der Waals surface area contributed by atoms with E-state index in [2.05, 4.69) is 37.8 Å². The monoisotopic (exact) mass is 400 g/mol. The van der Waals surface area contributed by atoms with Crippen molar-refractivity contribution >= 4 is 0 Å². The first-order chi connectivity index (χ1) is 13.6. The Morgan fingerprint density at radius 3 is 2.52 bits per heavy atom. The molecule has 0 radical (unpaired) electrons. The van der Waals surface area contributed by atoms with Crippen LogP contribution in [0.4, 0.5) is 0 Å². The lowest BCUT2D eigenvalue weighted by atomic mass is 9.61. The minimum absolute atomic E-state index is 0.337. The summed E-state index contributed by atoms with van der Waals surface area (Å²) in [6.07, 6.45) is 12.7. The van der Waals surface area contributed by atoms with Crippen molar-refractivity contribution in [3.63, 3.8) is 0 Å². The predicted molar refractivity (Wildman–Crippen MR) is 118 cm³/mol. The molecule has 0 heterocycles. The number of hydrogen-bond acceptors (Lipinski definition) is 3. The molecule has 3 N–H and O–H groups in total. The second-order valence-corrected chi connectivity index (χ2v) is 10.7. The highest BCUT2D eigenvalue weighted by Crippen LogP contribution is 2.59. The van der Waals surface area contributed by atoms with Crippen molar-refractivity contribution in [1.82, 2.24) is 0 Å². The largest absolute Gasteiger partial charge is 0.393 e. The summed E-state index contributed by atoms with van der Waals surface area (Å²) < 4.78 is 0. The van der Waals surface area contributed by atoms with E-state index >= 15 is 0 Å². The Hall–Kier alpha value is -1.08.